The fraction of sp³-hybridized carbons (Fsp3) is 0.508. The number of hydrogen-bond donors (Lipinski definition) is 20. The first-order valence-electron chi connectivity index (χ1n) is 33.7. The number of amides is 11. The van der Waals surface area contributed by atoms with Crippen molar-refractivity contribution in [2.75, 3.05) is 44.2 Å². The number of nitrogens with zero attached hydrogens (tertiary/aromatic N) is 4. The average Bonchev–Trinajstić information content (AvgIpc) is 1.68. The number of carbonyl (C=O) groups excluding carboxylic acids is 11. The number of imidazole rings is 1. The van der Waals surface area contributed by atoms with Gasteiger partial charge in [-0.05, 0) is 100 Å². The predicted octanol–water partition coefficient (Wildman–Crippen LogP) is -3.00. The van der Waals surface area contributed by atoms with E-state index in [9.17, 15) is 82.4 Å². The Morgan fingerprint density at radius 1 is 0.619 bits per heavy atom. The normalized spacial score (nSPS) is 16.6. The van der Waals surface area contributed by atoms with E-state index < -0.39 is 175 Å². The minimum atomic E-state index is -1.81. The Morgan fingerprint density at radius 3 is 1.82 bits per heavy atom. The summed E-state index contributed by atoms with van der Waals surface area (Å²) in [6.45, 7) is -0.472. The molecule has 0 saturated carbocycles. The number of H-pyrrole nitrogens is 2. The maximum absolute atomic E-state index is 15.0. The van der Waals surface area contributed by atoms with Crippen LogP contribution in [0.3, 0.4) is 0 Å². The van der Waals surface area contributed by atoms with Crippen molar-refractivity contribution >= 4 is 148 Å². The highest BCUT2D eigenvalue weighted by molar-refractivity contribution is 7.80. The number of fused-ring (bicyclic) bond motifs is 1. The van der Waals surface area contributed by atoms with E-state index in [2.05, 4.69) is 93.1 Å². The second kappa shape index (κ2) is 41.7. The lowest BCUT2D eigenvalue weighted by Crippen LogP contribution is -2.60. The van der Waals surface area contributed by atoms with Crippen LogP contribution < -0.4 is 70.8 Å². The third kappa shape index (κ3) is 25.8. The molecule has 105 heavy (non-hydrogen) atoms. The number of likely N-dealkylation sites (tertiary alicyclic amines) is 2. The summed E-state index contributed by atoms with van der Waals surface area (Å²) in [5.74, 6) is -14.8. The molecular formula is C65H89Cl2N19O17S2. The summed E-state index contributed by atoms with van der Waals surface area (Å²) in [6.07, 6.45) is 2.98. The molecule has 6 rings (SSSR count). The summed E-state index contributed by atoms with van der Waals surface area (Å²) in [7, 11) is 0. The van der Waals surface area contributed by atoms with Gasteiger partial charge in [-0.25, -0.2) is 9.78 Å². The highest BCUT2D eigenvalue weighted by Crippen LogP contribution is 2.28. The van der Waals surface area contributed by atoms with Gasteiger partial charge in [0.1, 0.15) is 60.4 Å². The van der Waals surface area contributed by atoms with Crippen LogP contribution in [0.2, 0.25) is 10.0 Å². The first kappa shape index (κ1) is 84.2. The van der Waals surface area contributed by atoms with Gasteiger partial charge in [-0.15, -0.1) is 0 Å². The third-order valence-electron chi connectivity index (χ3n) is 17.3. The van der Waals surface area contributed by atoms with E-state index >= 15 is 0 Å². The Bertz CT molecular complexity index is 3790. The number of carbonyl (C=O) groups is 14. The molecule has 2 aromatic carbocycles. The molecule has 2 saturated heterocycles. The van der Waals surface area contributed by atoms with Crippen LogP contribution in [0.25, 0.3) is 10.9 Å². The molecular weight excluding hydrogens is 1450 g/mol. The number of carboxylic acids is 3. The van der Waals surface area contributed by atoms with Gasteiger partial charge < -0.3 is 106 Å². The van der Waals surface area contributed by atoms with Gasteiger partial charge in [0.15, 0.2) is 5.96 Å². The van der Waals surface area contributed by atoms with Crippen LogP contribution in [0.4, 0.5) is 0 Å². The van der Waals surface area contributed by atoms with Crippen molar-refractivity contribution in [3.63, 3.8) is 0 Å². The topological polar surface area (TPSA) is 575 Å². The number of benzene rings is 2. The van der Waals surface area contributed by atoms with Gasteiger partial charge in [0.05, 0.1) is 35.4 Å². The molecule has 0 bridgehead atoms. The number of aliphatic carboxylic acids is 3. The molecule has 0 spiro atoms. The number of para-hydroxylation sites is 1. The minimum Gasteiger partial charge on any atom is -0.481 e. The second-order valence-corrected chi connectivity index (χ2v) is 26.6. The molecule has 40 heteroatoms. The zero-order valence-electron chi connectivity index (χ0n) is 57.0. The first-order valence-corrected chi connectivity index (χ1v) is 35.7. The largest absolute Gasteiger partial charge is 0.481 e. The van der Waals surface area contributed by atoms with Gasteiger partial charge in [0.2, 0.25) is 65.0 Å². The number of nitrogens with one attached hydrogen (secondary N) is 11. The Balaban J connectivity index is 1.21. The maximum Gasteiger partial charge on any atom is 0.326 e. The van der Waals surface area contributed by atoms with Crippen molar-refractivity contribution in [1.29, 1.82) is 0 Å². The van der Waals surface area contributed by atoms with Crippen LogP contribution in [-0.4, -0.2) is 240 Å². The standard InChI is InChI=1S/C65H89Cl2N19O17S2/c66-37-15-14-33(22-38(37)67)23-44(81-60(98)46(25-35-28-72-32-76-35)83-58(96)43(16-17-52(88)89)78-54(92)39(69)30-104)59(97)79-42(11-5-19-73-65(70)71)56(94)82-45(24-34-27-74-40-9-2-1-8-36(34)40)55(93)75-29-51(87)77-48(31-105)62(100)86-21-7-13-50(86)63(101)85-20-6-12-49(85)61(99)80-41(10-3-4-18-68)57(95)84-47(64(102)103)26-53(90)91/h1-2,8-9,14-15,22,27-28,32,39,41-50,74,104-105H,3-7,10-13,16-21,23-26,29-31,68-69H2,(H,72,76)(H,75,93)(H,77,87)(H,78,92)(H,79,97)(H,80,99)(H,81,98)(H,82,94)(H,83,96)(H,84,95)(H,88,89)(H,90,91)(H,102,103)(H4,70,71,73)/t39-,41-,42-,43-,44+,45-,46-,47-,48-,49-,50-/m0/s1. The Labute approximate surface area is 623 Å². The van der Waals surface area contributed by atoms with E-state index in [1.165, 1.54) is 40.5 Å². The Morgan fingerprint density at radius 2 is 1.21 bits per heavy atom. The summed E-state index contributed by atoms with van der Waals surface area (Å²) >= 11 is 21.1. The van der Waals surface area contributed by atoms with Crippen LogP contribution in [0.1, 0.15) is 93.9 Å². The summed E-state index contributed by atoms with van der Waals surface area (Å²) in [5.41, 5.74) is 24.6. The second-order valence-electron chi connectivity index (χ2n) is 25.0. The van der Waals surface area contributed by atoms with Gasteiger partial charge in [0.25, 0.3) is 0 Å². The lowest BCUT2D eigenvalue weighted by atomic mass is 10.0. The summed E-state index contributed by atoms with van der Waals surface area (Å²) < 4.78 is 0. The number of aromatic nitrogens is 3. The molecule has 2 aromatic heterocycles. The zero-order chi connectivity index (χ0) is 77.0. The number of hydrogen-bond acceptors (Lipinski definition) is 20. The molecule has 4 heterocycles. The fourth-order valence-electron chi connectivity index (χ4n) is 11.8. The van der Waals surface area contributed by atoms with Crippen LogP contribution in [-0.2, 0) is 86.4 Å². The van der Waals surface area contributed by atoms with Crippen molar-refractivity contribution in [2.24, 2.45) is 27.9 Å². The quantitative estimate of drug-likeness (QED) is 0.00910. The summed E-state index contributed by atoms with van der Waals surface area (Å²) in [4.78, 5) is 208. The lowest BCUT2D eigenvalue weighted by molar-refractivity contribution is -0.148. The van der Waals surface area contributed by atoms with Gasteiger partial charge >= 0.3 is 17.9 Å². The van der Waals surface area contributed by atoms with Crippen molar-refractivity contribution in [1.82, 2.24) is 72.6 Å². The highest BCUT2D eigenvalue weighted by atomic mass is 35.5. The summed E-state index contributed by atoms with van der Waals surface area (Å²) in [5, 5.41) is 52.0. The number of aliphatic imine (C=N–C) groups is 1. The average molecular weight is 1540 g/mol. The van der Waals surface area contributed by atoms with Crippen molar-refractivity contribution < 1.29 is 82.4 Å². The van der Waals surface area contributed by atoms with Gasteiger partial charge in [0, 0.05) is 85.8 Å². The van der Waals surface area contributed by atoms with Gasteiger partial charge in [-0.3, -0.25) is 67.3 Å². The Hall–Kier alpha value is -9.76. The van der Waals surface area contributed by atoms with Gasteiger partial charge in [-0.2, -0.15) is 25.3 Å². The SMILES string of the molecule is NCCCC[C@H](NC(=O)[C@@H]1CCCN1C(=O)[C@@H]1CCCN1C(=O)[C@H](CS)NC(=O)CNC(=O)[C@H](Cc1c[nH]c2ccccc12)NC(=O)[C@H](CCCN=C(N)N)NC(=O)[C@@H](Cc1ccc(Cl)c(Cl)c1)NC(=O)[C@H](Cc1cnc[nH]1)NC(=O)[C@H](CCC(=O)O)NC(=O)[C@@H](N)CS)C(=O)N[C@@H](CC(=O)O)C(=O)O. The first-order chi connectivity index (χ1) is 50.0. The lowest BCUT2D eigenvalue weighted by Gasteiger charge is -2.33. The van der Waals surface area contributed by atoms with E-state index in [1.54, 1.807) is 30.5 Å². The number of guanidine groups is 1. The van der Waals surface area contributed by atoms with Gasteiger partial charge in [-0.1, -0.05) is 47.5 Å². The molecule has 0 radical (unpaired) electrons. The molecule has 11 amide bonds. The van der Waals surface area contributed by atoms with Crippen molar-refractivity contribution in [3.8, 4) is 0 Å². The molecule has 2 aliphatic rings. The van der Waals surface area contributed by atoms with Crippen LogP contribution in [0.15, 0.2) is 66.2 Å². The smallest absolute Gasteiger partial charge is 0.326 e. The monoisotopic (exact) mass is 1540 g/mol. The van der Waals surface area contributed by atoms with E-state index in [0.29, 0.717) is 53.4 Å². The molecule has 11 atom stereocenters. The molecule has 22 N–H and O–H groups in total. The molecule has 0 unspecified atom stereocenters. The number of unbranched alkanes of at least 4 members (excludes halogenated alkanes) is 1. The van der Waals surface area contributed by atoms with Crippen molar-refractivity contribution in [3.05, 3.63) is 88.1 Å². The van der Waals surface area contributed by atoms with Crippen LogP contribution in [0.5, 0.6) is 0 Å². The number of rotatable bonds is 42. The third-order valence-corrected chi connectivity index (χ3v) is 18.8. The minimum absolute atomic E-state index is 0.00166. The number of carboxylic acid groups (broad SMARTS) is 3. The highest BCUT2D eigenvalue weighted by Gasteiger charge is 2.45. The fourth-order valence-corrected chi connectivity index (χ4v) is 12.5. The van der Waals surface area contributed by atoms with Crippen LogP contribution >= 0.6 is 48.5 Å². The number of halogens is 2. The Kier molecular flexibility index (Phi) is 33.4. The number of thiol groups is 2. The molecule has 36 nitrogen and oxygen atoms in total. The summed E-state index contributed by atoms with van der Waals surface area (Å²) in [6, 6.07) is -4.38. The van der Waals surface area contributed by atoms with E-state index in [1.807, 2.05) is 0 Å². The predicted molar refractivity (Wildman–Crippen MR) is 388 cm³/mol. The van der Waals surface area contributed by atoms with E-state index in [-0.39, 0.29) is 105 Å². The number of nitrogens with two attached hydrogens (primary N) is 4. The van der Waals surface area contributed by atoms with E-state index in [0.717, 1.165) is 0 Å². The molecule has 4 aromatic rings. The molecule has 2 aliphatic heterocycles. The van der Waals surface area contributed by atoms with E-state index in [4.69, 9.17) is 46.1 Å². The van der Waals surface area contributed by atoms with Crippen molar-refractivity contribution in [2.45, 2.75) is 163 Å². The molecule has 572 valence electrons. The molecule has 0 aliphatic carbocycles. The maximum atomic E-state index is 15.0. The zero-order valence-corrected chi connectivity index (χ0v) is 60.3. The van der Waals surface area contributed by atoms with Crippen LogP contribution in [0, 0.1) is 0 Å². The molecule has 2 fully saturated rings. The number of aromatic amines is 2.